The molecule has 1 saturated heterocycles. The first-order valence-corrected chi connectivity index (χ1v) is 9.95. The number of aryl methyl sites for hydroxylation is 1. The van der Waals surface area contributed by atoms with Gasteiger partial charge in [0.25, 0.3) is 11.6 Å². The summed E-state index contributed by atoms with van der Waals surface area (Å²) < 4.78 is 4.92. The van der Waals surface area contributed by atoms with Crippen LogP contribution in [0.1, 0.15) is 33.2 Å². The summed E-state index contributed by atoms with van der Waals surface area (Å²) in [6, 6.07) is 9.52. The lowest BCUT2D eigenvalue weighted by Gasteiger charge is -2.36. The van der Waals surface area contributed by atoms with Crippen molar-refractivity contribution in [3.05, 3.63) is 68.2 Å². The van der Waals surface area contributed by atoms with Gasteiger partial charge in [0.05, 0.1) is 17.1 Å². The summed E-state index contributed by atoms with van der Waals surface area (Å²) in [6.45, 7) is 5.44. The minimum absolute atomic E-state index is 0.122. The zero-order valence-corrected chi connectivity index (χ0v) is 17.5. The summed E-state index contributed by atoms with van der Waals surface area (Å²) in [5.74, 6) is -0.719. The van der Waals surface area contributed by atoms with Crippen LogP contribution in [0.2, 0.25) is 5.02 Å². The third-order valence-electron chi connectivity index (χ3n) is 5.01. The minimum atomic E-state index is -0.598. The Labute approximate surface area is 179 Å². The number of rotatable bonds is 5. The number of nitro benzene ring substituents is 1. The minimum Gasteiger partial charge on any atom is -0.462 e. The van der Waals surface area contributed by atoms with Gasteiger partial charge in [-0.15, -0.1) is 0 Å². The van der Waals surface area contributed by atoms with Gasteiger partial charge in [-0.3, -0.25) is 14.9 Å². The number of carbonyl (C=O) groups excluding carboxylic acids is 2. The van der Waals surface area contributed by atoms with Crippen LogP contribution >= 0.6 is 11.6 Å². The van der Waals surface area contributed by atoms with Gasteiger partial charge in [0.1, 0.15) is 5.69 Å². The lowest BCUT2D eigenvalue weighted by atomic mass is 10.1. The Morgan fingerprint density at radius 3 is 2.37 bits per heavy atom. The second-order valence-electron chi connectivity index (χ2n) is 6.92. The summed E-state index contributed by atoms with van der Waals surface area (Å²) in [5, 5.41) is 12.1. The largest absolute Gasteiger partial charge is 0.462 e. The molecule has 0 atom stereocenters. The molecule has 0 aliphatic carbocycles. The molecule has 9 heteroatoms. The molecule has 30 heavy (non-hydrogen) atoms. The van der Waals surface area contributed by atoms with E-state index in [2.05, 4.69) is 0 Å². The molecule has 3 rings (SSSR count). The number of benzene rings is 2. The first-order valence-electron chi connectivity index (χ1n) is 9.57. The molecule has 0 aromatic heterocycles. The molecule has 1 fully saturated rings. The molecule has 0 radical (unpaired) electrons. The van der Waals surface area contributed by atoms with Crippen LogP contribution in [0, 0.1) is 17.0 Å². The maximum Gasteiger partial charge on any atom is 0.338 e. The van der Waals surface area contributed by atoms with Crippen molar-refractivity contribution in [2.45, 2.75) is 13.8 Å². The lowest BCUT2D eigenvalue weighted by Crippen LogP contribution is -2.49. The Morgan fingerprint density at radius 1 is 1.10 bits per heavy atom. The summed E-state index contributed by atoms with van der Waals surface area (Å²) in [6.07, 6.45) is 0. The molecule has 1 heterocycles. The smallest absolute Gasteiger partial charge is 0.338 e. The van der Waals surface area contributed by atoms with Crippen LogP contribution in [-0.2, 0) is 4.74 Å². The van der Waals surface area contributed by atoms with Gasteiger partial charge < -0.3 is 14.5 Å². The average Bonchev–Trinajstić information content (AvgIpc) is 2.75. The van der Waals surface area contributed by atoms with Crippen LogP contribution < -0.4 is 4.90 Å². The predicted molar refractivity (Wildman–Crippen MR) is 113 cm³/mol. The second-order valence-corrected chi connectivity index (χ2v) is 7.33. The highest BCUT2D eigenvalue weighted by molar-refractivity contribution is 6.31. The highest BCUT2D eigenvalue weighted by Crippen LogP contribution is 2.30. The summed E-state index contributed by atoms with van der Waals surface area (Å²) in [5.41, 5.74) is 1.81. The third kappa shape index (κ3) is 4.54. The molecule has 1 amide bonds. The number of nitro groups is 1. The summed E-state index contributed by atoms with van der Waals surface area (Å²) in [7, 11) is 0. The van der Waals surface area contributed by atoms with Gasteiger partial charge in [-0.25, -0.2) is 4.79 Å². The molecular formula is C21H22ClN3O5. The molecule has 1 aliphatic rings. The number of hydrogen-bond donors (Lipinski definition) is 0. The van der Waals surface area contributed by atoms with E-state index < -0.39 is 10.9 Å². The molecular weight excluding hydrogens is 410 g/mol. The van der Waals surface area contributed by atoms with Gasteiger partial charge in [-0.1, -0.05) is 17.7 Å². The molecule has 0 saturated carbocycles. The molecule has 1 aliphatic heterocycles. The third-order valence-corrected chi connectivity index (χ3v) is 5.42. The number of anilines is 1. The summed E-state index contributed by atoms with van der Waals surface area (Å²) >= 11 is 6.13. The number of nitrogens with zero attached hydrogens (tertiary/aromatic N) is 3. The molecule has 2 aromatic carbocycles. The van der Waals surface area contributed by atoms with Gasteiger partial charge in [-0.05, 0) is 43.7 Å². The van der Waals surface area contributed by atoms with Crippen molar-refractivity contribution in [1.82, 2.24) is 4.90 Å². The van der Waals surface area contributed by atoms with Gasteiger partial charge in [0.15, 0.2) is 0 Å². The van der Waals surface area contributed by atoms with Crippen LogP contribution in [0.15, 0.2) is 36.4 Å². The number of ether oxygens (including phenoxy) is 1. The van der Waals surface area contributed by atoms with Gasteiger partial charge in [-0.2, -0.15) is 0 Å². The molecule has 0 spiro atoms. The first-order chi connectivity index (χ1) is 14.3. The van der Waals surface area contributed by atoms with Crippen molar-refractivity contribution in [2.75, 3.05) is 37.7 Å². The Kier molecular flexibility index (Phi) is 6.56. The molecule has 0 bridgehead atoms. The van der Waals surface area contributed by atoms with Crippen molar-refractivity contribution in [2.24, 2.45) is 0 Å². The van der Waals surface area contributed by atoms with E-state index in [0.29, 0.717) is 42.5 Å². The first kappa shape index (κ1) is 21.6. The van der Waals surface area contributed by atoms with Crippen molar-refractivity contribution in [1.29, 1.82) is 0 Å². The maximum absolute atomic E-state index is 12.8. The van der Waals surface area contributed by atoms with Crippen LogP contribution in [0.4, 0.5) is 11.4 Å². The van der Waals surface area contributed by atoms with Gasteiger partial charge >= 0.3 is 5.97 Å². The number of piperazine rings is 1. The van der Waals surface area contributed by atoms with Gasteiger partial charge in [0, 0.05) is 42.8 Å². The lowest BCUT2D eigenvalue weighted by molar-refractivity contribution is -0.384. The fraction of sp³-hybridized carbons (Fsp3) is 0.333. The fourth-order valence-corrected chi connectivity index (χ4v) is 3.52. The van der Waals surface area contributed by atoms with E-state index in [4.69, 9.17) is 16.3 Å². The van der Waals surface area contributed by atoms with Crippen molar-refractivity contribution < 1.29 is 19.2 Å². The number of esters is 1. The van der Waals surface area contributed by atoms with Crippen LogP contribution in [0.25, 0.3) is 0 Å². The topological polar surface area (TPSA) is 93.0 Å². The maximum atomic E-state index is 12.8. The Morgan fingerprint density at radius 2 is 1.77 bits per heavy atom. The quantitative estimate of drug-likeness (QED) is 0.407. The molecule has 8 nitrogen and oxygen atoms in total. The Hall–Kier alpha value is -3.13. The monoisotopic (exact) mass is 431 g/mol. The van der Waals surface area contributed by atoms with Gasteiger partial charge in [0.2, 0.25) is 0 Å². The zero-order valence-electron chi connectivity index (χ0n) is 16.8. The van der Waals surface area contributed by atoms with Crippen molar-refractivity contribution in [3.8, 4) is 0 Å². The van der Waals surface area contributed by atoms with Crippen molar-refractivity contribution in [3.63, 3.8) is 0 Å². The predicted octanol–water partition coefficient (Wildman–Crippen LogP) is 3.70. The molecule has 0 N–H and O–H groups in total. The zero-order chi connectivity index (χ0) is 21.8. The van der Waals surface area contributed by atoms with Crippen LogP contribution in [0.3, 0.4) is 0 Å². The second kappa shape index (κ2) is 9.13. The van der Waals surface area contributed by atoms with Crippen LogP contribution in [-0.4, -0.2) is 54.5 Å². The van der Waals surface area contributed by atoms with E-state index in [1.807, 2.05) is 11.8 Å². The van der Waals surface area contributed by atoms with E-state index >= 15 is 0 Å². The summed E-state index contributed by atoms with van der Waals surface area (Å²) in [4.78, 5) is 39.2. The van der Waals surface area contributed by atoms with Crippen LogP contribution in [0.5, 0.6) is 0 Å². The highest BCUT2D eigenvalue weighted by atomic mass is 35.5. The average molecular weight is 432 g/mol. The standard InChI is InChI=1S/C21H22ClN3O5/c1-3-30-21(27)16-6-7-18(19(13-16)25(28)29)23-8-10-24(11-9-23)20(26)15-5-4-14(2)17(22)12-15/h4-7,12-13H,3,8-11H2,1-2H3. The molecule has 0 unspecified atom stereocenters. The number of amides is 1. The van der Waals surface area contributed by atoms with E-state index in [0.717, 1.165) is 5.56 Å². The molecule has 2 aromatic rings. The van der Waals surface area contributed by atoms with E-state index in [1.54, 1.807) is 36.1 Å². The Bertz CT molecular complexity index is 987. The molecule has 158 valence electrons. The normalized spacial score (nSPS) is 13.8. The fourth-order valence-electron chi connectivity index (χ4n) is 3.34. The van der Waals surface area contributed by atoms with E-state index in [-0.39, 0.29) is 23.8 Å². The number of carbonyl (C=O) groups is 2. The Balaban J connectivity index is 1.74. The van der Waals surface area contributed by atoms with E-state index in [1.165, 1.54) is 12.1 Å². The number of hydrogen-bond acceptors (Lipinski definition) is 6. The number of halogens is 1. The van der Waals surface area contributed by atoms with E-state index in [9.17, 15) is 19.7 Å². The van der Waals surface area contributed by atoms with Crippen molar-refractivity contribution >= 4 is 34.9 Å². The highest BCUT2D eigenvalue weighted by Gasteiger charge is 2.27. The SMILES string of the molecule is CCOC(=O)c1ccc(N2CCN(C(=O)c3ccc(C)c(Cl)c3)CC2)c([N+](=O)[O-])c1.